The van der Waals surface area contributed by atoms with Crippen molar-refractivity contribution in [3.63, 3.8) is 0 Å². The summed E-state index contributed by atoms with van der Waals surface area (Å²) in [7, 11) is 1.75. The fourth-order valence-electron chi connectivity index (χ4n) is 4.10. The molecule has 1 N–H and O–H groups in total. The van der Waals surface area contributed by atoms with Gasteiger partial charge in [0.25, 0.3) is 0 Å². The number of carboxylic acid groups (broad SMARTS) is 1. The SMILES string of the molecule is CN(CCOC(c1ccc(C(F)(F)F)cc1)c1ccc(C(F)(F)F)cc1)C1CCCC=C1C(=O)O. The molecule has 35 heavy (non-hydrogen) atoms. The van der Waals surface area contributed by atoms with Crippen molar-refractivity contribution in [3.05, 3.63) is 82.4 Å². The summed E-state index contributed by atoms with van der Waals surface area (Å²) >= 11 is 0. The van der Waals surface area contributed by atoms with E-state index >= 15 is 0 Å². The third-order valence-corrected chi connectivity index (χ3v) is 5.99. The van der Waals surface area contributed by atoms with Crippen molar-refractivity contribution in [1.82, 2.24) is 4.90 Å². The van der Waals surface area contributed by atoms with Gasteiger partial charge in [-0.05, 0) is 61.7 Å². The number of hydrogen-bond acceptors (Lipinski definition) is 3. The van der Waals surface area contributed by atoms with Gasteiger partial charge in [0.2, 0.25) is 0 Å². The highest BCUT2D eigenvalue weighted by Crippen LogP contribution is 2.34. The third kappa shape index (κ3) is 6.85. The van der Waals surface area contributed by atoms with Gasteiger partial charge in [-0.15, -0.1) is 0 Å². The molecular formula is C25H25F6NO3. The Morgan fingerprint density at radius 3 is 1.89 bits per heavy atom. The normalized spacial score (nSPS) is 17.1. The molecule has 190 valence electrons. The van der Waals surface area contributed by atoms with E-state index in [1.165, 1.54) is 24.3 Å². The van der Waals surface area contributed by atoms with Crippen molar-refractivity contribution >= 4 is 5.97 Å². The highest BCUT2D eigenvalue weighted by Gasteiger charge is 2.32. The zero-order valence-electron chi connectivity index (χ0n) is 18.9. The van der Waals surface area contributed by atoms with Crippen LogP contribution in [0.25, 0.3) is 0 Å². The van der Waals surface area contributed by atoms with Crippen LogP contribution in [0.3, 0.4) is 0 Å². The molecule has 0 aliphatic heterocycles. The lowest BCUT2D eigenvalue weighted by Gasteiger charge is -2.31. The number of alkyl halides is 6. The van der Waals surface area contributed by atoms with Gasteiger partial charge in [0, 0.05) is 12.6 Å². The fraction of sp³-hybridized carbons (Fsp3) is 0.400. The largest absolute Gasteiger partial charge is 0.478 e. The molecule has 1 atom stereocenters. The number of allylic oxidation sites excluding steroid dienone is 1. The first kappa shape index (κ1) is 26.7. The third-order valence-electron chi connectivity index (χ3n) is 5.99. The Balaban J connectivity index is 1.79. The van der Waals surface area contributed by atoms with E-state index in [9.17, 15) is 36.2 Å². The van der Waals surface area contributed by atoms with E-state index in [4.69, 9.17) is 4.74 Å². The molecule has 0 saturated heterocycles. The maximum absolute atomic E-state index is 13.0. The predicted octanol–water partition coefficient (Wildman–Crippen LogP) is 6.33. The number of aliphatic carboxylic acids is 1. The first-order valence-corrected chi connectivity index (χ1v) is 11.0. The first-order chi connectivity index (χ1) is 16.4. The van der Waals surface area contributed by atoms with Crippen LogP contribution in [0.4, 0.5) is 26.3 Å². The summed E-state index contributed by atoms with van der Waals surface area (Å²) in [6.07, 6.45) is -6.08. The Kier molecular flexibility index (Phi) is 8.27. The smallest absolute Gasteiger partial charge is 0.416 e. The molecule has 1 aliphatic carbocycles. The number of halogens is 6. The molecule has 0 heterocycles. The molecule has 0 fully saturated rings. The van der Waals surface area contributed by atoms with Crippen LogP contribution in [-0.2, 0) is 21.9 Å². The second-order valence-corrected chi connectivity index (χ2v) is 8.38. The van der Waals surface area contributed by atoms with Gasteiger partial charge >= 0.3 is 18.3 Å². The highest BCUT2D eigenvalue weighted by molar-refractivity contribution is 5.88. The quantitative estimate of drug-likeness (QED) is 0.430. The molecule has 0 spiro atoms. The summed E-state index contributed by atoms with van der Waals surface area (Å²) in [5, 5.41) is 9.44. The van der Waals surface area contributed by atoms with Crippen molar-refractivity contribution in [2.75, 3.05) is 20.2 Å². The Morgan fingerprint density at radius 2 is 1.46 bits per heavy atom. The lowest BCUT2D eigenvalue weighted by molar-refractivity contribution is -0.138. The first-order valence-electron chi connectivity index (χ1n) is 11.0. The van der Waals surface area contributed by atoms with Crippen molar-refractivity contribution in [3.8, 4) is 0 Å². The Hall–Kier alpha value is -2.85. The Bertz CT molecular complexity index is 972. The second-order valence-electron chi connectivity index (χ2n) is 8.38. The molecule has 4 nitrogen and oxygen atoms in total. The molecule has 2 aromatic rings. The van der Waals surface area contributed by atoms with Gasteiger partial charge in [-0.3, -0.25) is 4.90 Å². The summed E-state index contributed by atoms with van der Waals surface area (Å²) in [5.74, 6) is -0.991. The van der Waals surface area contributed by atoms with Gasteiger partial charge in [-0.25, -0.2) is 4.79 Å². The van der Waals surface area contributed by atoms with Crippen molar-refractivity contribution in [2.24, 2.45) is 0 Å². The fourth-order valence-corrected chi connectivity index (χ4v) is 4.10. The molecule has 0 saturated carbocycles. The molecule has 10 heteroatoms. The summed E-state index contributed by atoms with van der Waals surface area (Å²) in [5.41, 5.74) is -0.691. The highest BCUT2D eigenvalue weighted by atomic mass is 19.4. The number of carbonyl (C=O) groups is 1. The van der Waals surface area contributed by atoms with E-state index in [1.807, 2.05) is 4.90 Å². The summed E-state index contributed by atoms with van der Waals surface area (Å²) in [6.45, 7) is 0.389. The van der Waals surface area contributed by atoms with Crippen LogP contribution >= 0.6 is 0 Å². The zero-order valence-corrected chi connectivity index (χ0v) is 18.9. The van der Waals surface area contributed by atoms with Gasteiger partial charge in [0.15, 0.2) is 0 Å². The molecule has 1 aliphatic rings. The van der Waals surface area contributed by atoms with E-state index < -0.39 is 35.6 Å². The molecule has 0 bridgehead atoms. The van der Waals surface area contributed by atoms with Crippen LogP contribution in [-0.4, -0.2) is 42.2 Å². The molecule has 2 aromatic carbocycles. The number of hydrogen-bond donors (Lipinski definition) is 1. The number of likely N-dealkylation sites (N-methyl/N-ethyl adjacent to an activating group) is 1. The minimum Gasteiger partial charge on any atom is -0.478 e. The molecule has 3 rings (SSSR count). The van der Waals surface area contributed by atoms with Gasteiger partial charge in [0.05, 0.1) is 23.3 Å². The number of carboxylic acids is 1. The number of benzene rings is 2. The molecule has 1 unspecified atom stereocenters. The maximum Gasteiger partial charge on any atom is 0.416 e. The molecular weight excluding hydrogens is 476 g/mol. The van der Waals surface area contributed by atoms with Crippen LogP contribution in [0.2, 0.25) is 0 Å². The van der Waals surface area contributed by atoms with Crippen molar-refractivity contribution in [2.45, 2.75) is 43.8 Å². The van der Waals surface area contributed by atoms with Gasteiger partial charge in [-0.2, -0.15) is 26.3 Å². The van der Waals surface area contributed by atoms with E-state index in [0.717, 1.165) is 30.7 Å². The van der Waals surface area contributed by atoms with Gasteiger partial charge in [-0.1, -0.05) is 30.3 Å². The molecule has 0 aromatic heterocycles. The lowest BCUT2D eigenvalue weighted by Crippen LogP contribution is -2.39. The molecule has 0 amide bonds. The van der Waals surface area contributed by atoms with Crippen LogP contribution in [0.5, 0.6) is 0 Å². The van der Waals surface area contributed by atoms with Gasteiger partial charge in [0.1, 0.15) is 6.10 Å². The number of nitrogens with zero attached hydrogens (tertiary/aromatic N) is 1. The van der Waals surface area contributed by atoms with Crippen LogP contribution in [0.15, 0.2) is 60.2 Å². The Morgan fingerprint density at radius 1 is 0.971 bits per heavy atom. The monoisotopic (exact) mass is 501 g/mol. The Labute approximate surface area is 198 Å². The van der Waals surface area contributed by atoms with Crippen molar-refractivity contribution < 1.29 is 41.0 Å². The average molecular weight is 501 g/mol. The lowest BCUT2D eigenvalue weighted by atomic mass is 9.93. The summed E-state index contributed by atoms with van der Waals surface area (Å²) in [6, 6.07) is 8.23. The number of rotatable bonds is 8. The number of ether oxygens (including phenoxy) is 1. The standard InChI is InChI=1S/C25H25F6NO3/c1-32(21-5-3-2-4-20(21)23(33)34)14-15-35-22(16-6-10-18(11-7-16)24(26,27)28)17-8-12-19(13-9-17)25(29,30)31/h4,6-13,21-22H,2-3,5,14-15H2,1H3,(H,33,34). The summed E-state index contributed by atoms with van der Waals surface area (Å²) in [4.78, 5) is 13.4. The minimum atomic E-state index is -4.53. The van der Waals surface area contributed by atoms with Crippen LogP contribution < -0.4 is 0 Å². The van der Waals surface area contributed by atoms with Crippen LogP contribution in [0, 0.1) is 0 Å². The maximum atomic E-state index is 13.0. The predicted molar refractivity (Wildman–Crippen MR) is 117 cm³/mol. The van der Waals surface area contributed by atoms with Crippen LogP contribution in [0.1, 0.15) is 47.6 Å². The van der Waals surface area contributed by atoms with E-state index in [2.05, 4.69) is 0 Å². The van der Waals surface area contributed by atoms with Crippen molar-refractivity contribution in [1.29, 1.82) is 0 Å². The van der Waals surface area contributed by atoms with E-state index in [1.54, 1.807) is 13.1 Å². The van der Waals surface area contributed by atoms with Gasteiger partial charge < -0.3 is 9.84 Å². The second kappa shape index (κ2) is 10.8. The topological polar surface area (TPSA) is 49.8 Å². The van der Waals surface area contributed by atoms with E-state index in [0.29, 0.717) is 36.1 Å². The average Bonchev–Trinajstić information content (AvgIpc) is 2.81. The summed E-state index contributed by atoms with van der Waals surface area (Å²) < 4.78 is 83.8. The minimum absolute atomic E-state index is 0.0760. The van der Waals surface area contributed by atoms with E-state index in [-0.39, 0.29) is 12.6 Å². The zero-order chi connectivity index (χ0) is 25.8. The molecule has 0 radical (unpaired) electrons.